The van der Waals surface area contributed by atoms with E-state index in [2.05, 4.69) is 57.7 Å². The van der Waals surface area contributed by atoms with Gasteiger partial charge >= 0.3 is 0 Å². The highest BCUT2D eigenvalue weighted by atomic mass is 15.2. The molecule has 1 unspecified atom stereocenters. The number of aromatic nitrogens is 1. The van der Waals surface area contributed by atoms with Crippen molar-refractivity contribution in [1.29, 1.82) is 0 Å². The maximum atomic E-state index is 4.27. The molecule has 1 atom stereocenters. The van der Waals surface area contributed by atoms with Gasteiger partial charge < -0.3 is 10.2 Å². The summed E-state index contributed by atoms with van der Waals surface area (Å²) in [6.07, 6.45) is 3.10. The highest BCUT2D eigenvalue weighted by Crippen LogP contribution is 2.31. The third-order valence-corrected chi connectivity index (χ3v) is 3.82. The molecular weight excluding hydrogens is 234 g/mol. The largest absolute Gasteiger partial charge is 0.373 e. The minimum Gasteiger partial charge on any atom is -0.373 e. The van der Waals surface area contributed by atoms with Gasteiger partial charge in [-0.3, -0.25) is 0 Å². The molecule has 3 rings (SSSR count). The van der Waals surface area contributed by atoms with Crippen LogP contribution in [0.1, 0.15) is 17.9 Å². The normalized spacial score (nSPS) is 18.6. The highest BCUT2D eigenvalue weighted by molar-refractivity contribution is 5.54. The number of hydrogen-bond donors (Lipinski definition) is 1. The van der Waals surface area contributed by atoms with Crippen LogP contribution < -0.4 is 10.2 Å². The standard InChI is InChI=1S/C16H19N3/c1-17-16-11-15(7-9-18-16)19-10-8-14(12-19)13-5-3-2-4-6-13/h2-7,9,11,14H,8,10,12H2,1H3,(H,17,18). The molecule has 3 heteroatoms. The van der Waals surface area contributed by atoms with E-state index < -0.39 is 0 Å². The van der Waals surface area contributed by atoms with Crippen molar-refractivity contribution >= 4 is 11.5 Å². The van der Waals surface area contributed by atoms with Crippen LogP contribution in [0.2, 0.25) is 0 Å². The zero-order valence-corrected chi connectivity index (χ0v) is 11.2. The van der Waals surface area contributed by atoms with Crippen molar-refractivity contribution in [2.45, 2.75) is 12.3 Å². The second-order valence-electron chi connectivity index (χ2n) is 4.99. The summed E-state index contributed by atoms with van der Waals surface area (Å²) in [5.41, 5.74) is 2.71. The number of rotatable bonds is 3. The van der Waals surface area contributed by atoms with Gasteiger partial charge in [0.25, 0.3) is 0 Å². The second kappa shape index (κ2) is 5.31. The van der Waals surface area contributed by atoms with Gasteiger partial charge in [-0.2, -0.15) is 0 Å². The van der Waals surface area contributed by atoms with Crippen molar-refractivity contribution in [2.24, 2.45) is 0 Å². The lowest BCUT2D eigenvalue weighted by molar-refractivity contribution is 0.775. The summed E-state index contributed by atoms with van der Waals surface area (Å²) in [5.74, 6) is 1.58. The Morgan fingerprint density at radius 2 is 2.05 bits per heavy atom. The maximum absolute atomic E-state index is 4.27. The van der Waals surface area contributed by atoms with E-state index in [0.29, 0.717) is 5.92 Å². The smallest absolute Gasteiger partial charge is 0.127 e. The summed E-state index contributed by atoms with van der Waals surface area (Å²) in [6, 6.07) is 15.0. The van der Waals surface area contributed by atoms with Crippen LogP contribution in [0.4, 0.5) is 11.5 Å². The van der Waals surface area contributed by atoms with E-state index in [-0.39, 0.29) is 0 Å². The summed E-state index contributed by atoms with van der Waals surface area (Å²) >= 11 is 0. The third kappa shape index (κ3) is 2.55. The monoisotopic (exact) mass is 253 g/mol. The average molecular weight is 253 g/mol. The van der Waals surface area contributed by atoms with Crippen molar-refractivity contribution in [1.82, 2.24) is 4.98 Å². The minimum atomic E-state index is 0.646. The Bertz CT molecular complexity index is 539. The van der Waals surface area contributed by atoms with Crippen LogP contribution in [0, 0.1) is 0 Å². The first-order valence-electron chi connectivity index (χ1n) is 6.80. The molecule has 0 radical (unpaired) electrons. The van der Waals surface area contributed by atoms with Gasteiger partial charge in [0.1, 0.15) is 5.82 Å². The van der Waals surface area contributed by atoms with Gasteiger partial charge in [-0.05, 0) is 18.1 Å². The van der Waals surface area contributed by atoms with Crippen molar-refractivity contribution < 1.29 is 0 Å². The molecule has 2 heterocycles. The molecule has 0 amide bonds. The first kappa shape index (κ1) is 12.0. The van der Waals surface area contributed by atoms with Crippen molar-refractivity contribution in [3.05, 3.63) is 54.2 Å². The van der Waals surface area contributed by atoms with E-state index in [1.54, 1.807) is 0 Å². The van der Waals surface area contributed by atoms with E-state index in [0.717, 1.165) is 18.9 Å². The molecule has 1 N–H and O–H groups in total. The van der Waals surface area contributed by atoms with Crippen LogP contribution in [0.25, 0.3) is 0 Å². The van der Waals surface area contributed by atoms with E-state index in [1.807, 2.05) is 13.2 Å². The fraction of sp³-hybridized carbons (Fsp3) is 0.312. The Morgan fingerprint density at radius 1 is 1.21 bits per heavy atom. The predicted molar refractivity (Wildman–Crippen MR) is 79.8 cm³/mol. The first-order chi connectivity index (χ1) is 9.36. The highest BCUT2D eigenvalue weighted by Gasteiger charge is 2.23. The Morgan fingerprint density at radius 3 is 2.84 bits per heavy atom. The van der Waals surface area contributed by atoms with Gasteiger partial charge in [0.2, 0.25) is 0 Å². The van der Waals surface area contributed by atoms with Gasteiger partial charge in [0, 0.05) is 44.0 Å². The Hall–Kier alpha value is -2.03. The lowest BCUT2D eigenvalue weighted by Crippen LogP contribution is -2.19. The van der Waals surface area contributed by atoms with E-state index in [4.69, 9.17) is 0 Å². The summed E-state index contributed by atoms with van der Waals surface area (Å²) in [4.78, 5) is 6.71. The number of nitrogens with one attached hydrogen (secondary N) is 1. The molecule has 1 aliphatic heterocycles. The van der Waals surface area contributed by atoms with Gasteiger partial charge in [-0.25, -0.2) is 4.98 Å². The van der Waals surface area contributed by atoms with Crippen molar-refractivity contribution in [2.75, 3.05) is 30.4 Å². The van der Waals surface area contributed by atoms with Crippen LogP contribution in [0.15, 0.2) is 48.7 Å². The molecule has 0 saturated carbocycles. The molecule has 1 aliphatic rings. The van der Waals surface area contributed by atoms with E-state index in [1.165, 1.54) is 17.7 Å². The van der Waals surface area contributed by atoms with Crippen LogP contribution in [0.3, 0.4) is 0 Å². The van der Waals surface area contributed by atoms with Gasteiger partial charge in [0.05, 0.1) is 0 Å². The molecule has 1 aromatic heterocycles. The van der Waals surface area contributed by atoms with Crippen LogP contribution >= 0.6 is 0 Å². The molecular formula is C16H19N3. The fourth-order valence-corrected chi connectivity index (χ4v) is 2.74. The van der Waals surface area contributed by atoms with Crippen LogP contribution in [-0.4, -0.2) is 25.1 Å². The molecule has 2 aromatic rings. The minimum absolute atomic E-state index is 0.646. The molecule has 0 bridgehead atoms. The number of benzene rings is 1. The number of nitrogens with zero attached hydrogens (tertiary/aromatic N) is 2. The molecule has 1 fully saturated rings. The molecule has 98 valence electrons. The Balaban J connectivity index is 1.75. The fourth-order valence-electron chi connectivity index (χ4n) is 2.74. The second-order valence-corrected chi connectivity index (χ2v) is 4.99. The molecule has 1 aromatic carbocycles. The van der Waals surface area contributed by atoms with Crippen LogP contribution in [-0.2, 0) is 0 Å². The molecule has 3 nitrogen and oxygen atoms in total. The maximum Gasteiger partial charge on any atom is 0.127 e. The molecule has 19 heavy (non-hydrogen) atoms. The van der Waals surface area contributed by atoms with E-state index >= 15 is 0 Å². The molecule has 0 spiro atoms. The zero-order chi connectivity index (χ0) is 13.1. The van der Waals surface area contributed by atoms with E-state index in [9.17, 15) is 0 Å². The molecule has 1 saturated heterocycles. The predicted octanol–water partition coefficient (Wildman–Crippen LogP) is 3.12. The van der Waals surface area contributed by atoms with Gasteiger partial charge in [0.15, 0.2) is 0 Å². The Labute approximate surface area is 114 Å². The number of anilines is 2. The Kier molecular flexibility index (Phi) is 3.36. The first-order valence-corrected chi connectivity index (χ1v) is 6.80. The van der Waals surface area contributed by atoms with Crippen molar-refractivity contribution in [3.8, 4) is 0 Å². The average Bonchev–Trinajstić information content (AvgIpc) is 2.98. The van der Waals surface area contributed by atoms with Gasteiger partial charge in [-0.15, -0.1) is 0 Å². The third-order valence-electron chi connectivity index (χ3n) is 3.82. The summed E-state index contributed by atoms with van der Waals surface area (Å²) in [5, 5.41) is 3.10. The van der Waals surface area contributed by atoms with Crippen LogP contribution in [0.5, 0.6) is 0 Å². The summed E-state index contributed by atoms with van der Waals surface area (Å²) in [6.45, 7) is 2.21. The lowest BCUT2D eigenvalue weighted by Gasteiger charge is -2.19. The number of hydrogen-bond acceptors (Lipinski definition) is 3. The zero-order valence-electron chi connectivity index (χ0n) is 11.2. The lowest BCUT2D eigenvalue weighted by atomic mass is 9.99. The number of pyridine rings is 1. The quantitative estimate of drug-likeness (QED) is 0.911. The van der Waals surface area contributed by atoms with Gasteiger partial charge in [-0.1, -0.05) is 30.3 Å². The SMILES string of the molecule is CNc1cc(N2CCC(c3ccccc3)C2)ccn1. The van der Waals surface area contributed by atoms with Crippen molar-refractivity contribution in [3.63, 3.8) is 0 Å². The topological polar surface area (TPSA) is 28.2 Å². The molecule has 0 aliphatic carbocycles. The summed E-state index contributed by atoms with van der Waals surface area (Å²) < 4.78 is 0. The summed E-state index contributed by atoms with van der Waals surface area (Å²) in [7, 11) is 1.91.